The number of nitrogens with zero attached hydrogens (tertiary/aromatic N) is 3. The zero-order valence-corrected chi connectivity index (χ0v) is 12.2. The maximum absolute atomic E-state index is 5.93. The third-order valence-electron chi connectivity index (χ3n) is 3.51. The van der Waals surface area contributed by atoms with Crippen molar-refractivity contribution in [3.63, 3.8) is 0 Å². The summed E-state index contributed by atoms with van der Waals surface area (Å²) in [5.41, 5.74) is 1.04. The first-order valence-electron chi connectivity index (χ1n) is 6.80. The summed E-state index contributed by atoms with van der Waals surface area (Å²) in [6.07, 6.45) is 3.85. The standard InChI is InChI=1S/C14H22ClN3/c1-10(2)14-16-11(3)9-13(17-14)18(8-7-15)12-5-4-6-12/h9-10,12H,4-8H2,1-3H3. The van der Waals surface area contributed by atoms with Crippen molar-refractivity contribution in [2.75, 3.05) is 17.3 Å². The van der Waals surface area contributed by atoms with Gasteiger partial charge >= 0.3 is 0 Å². The molecule has 4 heteroatoms. The van der Waals surface area contributed by atoms with E-state index in [0.717, 1.165) is 23.9 Å². The van der Waals surface area contributed by atoms with E-state index in [4.69, 9.17) is 16.6 Å². The molecule has 1 saturated carbocycles. The molecule has 0 amide bonds. The van der Waals surface area contributed by atoms with Gasteiger partial charge in [0, 0.05) is 36.1 Å². The summed E-state index contributed by atoms with van der Waals surface area (Å²) in [5, 5.41) is 0. The highest BCUT2D eigenvalue weighted by Gasteiger charge is 2.26. The lowest BCUT2D eigenvalue weighted by molar-refractivity contribution is 0.388. The zero-order valence-electron chi connectivity index (χ0n) is 11.5. The van der Waals surface area contributed by atoms with Crippen LogP contribution < -0.4 is 4.90 Å². The van der Waals surface area contributed by atoms with Gasteiger partial charge in [0.2, 0.25) is 0 Å². The summed E-state index contributed by atoms with van der Waals surface area (Å²) in [7, 11) is 0. The quantitative estimate of drug-likeness (QED) is 0.765. The van der Waals surface area contributed by atoms with Gasteiger partial charge in [-0.25, -0.2) is 9.97 Å². The van der Waals surface area contributed by atoms with Crippen molar-refractivity contribution in [3.8, 4) is 0 Å². The van der Waals surface area contributed by atoms with Crippen LogP contribution in [-0.4, -0.2) is 28.4 Å². The Kier molecular flexibility index (Phi) is 4.44. The Morgan fingerprint density at radius 1 is 1.39 bits per heavy atom. The highest BCUT2D eigenvalue weighted by molar-refractivity contribution is 6.18. The van der Waals surface area contributed by atoms with Gasteiger partial charge in [0.15, 0.2) is 0 Å². The monoisotopic (exact) mass is 267 g/mol. The van der Waals surface area contributed by atoms with Crippen LogP contribution in [0.25, 0.3) is 0 Å². The predicted octanol–water partition coefficient (Wildman–Crippen LogP) is 3.51. The molecule has 18 heavy (non-hydrogen) atoms. The van der Waals surface area contributed by atoms with E-state index in [1.165, 1.54) is 19.3 Å². The van der Waals surface area contributed by atoms with Gasteiger partial charge in [-0.2, -0.15) is 0 Å². The molecule has 0 spiro atoms. The van der Waals surface area contributed by atoms with Crippen molar-refractivity contribution < 1.29 is 0 Å². The SMILES string of the molecule is Cc1cc(N(CCCl)C2CCC2)nc(C(C)C)n1. The van der Waals surface area contributed by atoms with Crippen molar-refractivity contribution in [3.05, 3.63) is 17.6 Å². The Hall–Kier alpha value is -0.830. The molecule has 0 atom stereocenters. The van der Waals surface area contributed by atoms with Crippen molar-refractivity contribution in [1.29, 1.82) is 0 Å². The number of anilines is 1. The Labute approximate surface area is 115 Å². The van der Waals surface area contributed by atoms with Crippen LogP contribution in [0.5, 0.6) is 0 Å². The van der Waals surface area contributed by atoms with Gasteiger partial charge in [-0.15, -0.1) is 11.6 Å². The van der Waals surface area contributed by atoms with Gasteiger partial charge < -0.3 is 4.90 Å². The van der Waals surface area contributed by atoms with E-state index in [1.54, 1.807) is 0 Å². The lowest BCUT2D eigenvalue weighted by atomic mass is 9.91. The molecular formula is C14H22ClN3. The number of halogens is 1. The van der Waals surface area contributed by atoms with E-state index in [0.29, 0.717) is 17.8 Å². The summed E-state index contributed by atoms with van der Waals surface area (Å²) in [6, 6.07) is 2.70. The Morgan fingerprint density at radius 3 is 2.61 bits per heavy atom. The van der Waals surface area contributed by atoms with E-state index in [1.807, 2.05) is 6.92 Å². The van der Waals surface area contributed by atoms with Gasteiger partial charge in [-0.3, -0.25) is 0 Å². The van der Waals surface area contributed by atoms with E-state index >= 15 is 0 Å². The van der Waals surface area contributed by atoms with Crippen LogP contribution in [0.1, 0.15) is 50.5 Å². The number of hydrogen-bond acceptors (Lipinski definition) is 3. The molecule has 0 radical (unpaired) electrons. The molecular weight excluding hydrogens is 246 g/mol. The maximum Gasteiger partial charge on any atom is 0.133 e. The molecule has 2 rings (SSSR count). The summed E-state index contributed by atoms with van der Waals surface area (Å²) in [5.74, 6) is 3.00. The summed E-state index contributed by atoms with van der Waals surface area (Å²) in [4.78, 5) is 11.6. The summed E-state index contributed by atoms with van der Waals surface area (Å²) < 4.78 is 0. The fraction of sp³-hybridized carbons (Fsp3) is 0.714. The largest absolute Gasteiger partial charge is 0.352 e. The Bertz CT molecular complexity index is 402. The fourth-order valence-corrected chi connectivity index (χ4v) is 2.44. The average molecular weight is 268 g/mol. The fourth-order valence-electron chi connectivity index (χ4n) is 2.25. The van der Waals surface area contributed by atoms with Crippen LogP contribution in [-0.2, 0) is 0 Å². The summed E-state index contributed by atoms with van der Waals surface area (Å²) in [6.45, 7) is 7.18. The first-order chi connectivity index (χ1) is 8.61. The van der Waals surface area contributed by atoms with Crippen molar-refractivity contribution >= 4 is 17.4 Å². The average Bonchev–Trinajstić information content (AvgIpc) is 2.25. The van der Waals surface area contributed by atoms with Crippen LogP contribution in [0, 0.1) is 6.92 Å². The minimum Gasteiger partial charge on any atom is -0.352 e. The smallest absolute Gasteiger partial charge is 0.133 e. The second-order valence-corrected chi connectivity index (χ2v) is 5.73. The van der Waals surface area contributed by atoms with Crippen LogP contribution >= 0.6 is 11.6 Å². The summed E-state index contributed by atoms with van der Waals surface area (Å²) >= 11 is 5.93. The predicted molar refractivity (Wildman–Crippen MR) is 76.6 cm³/mol. The van der Waals surface area contributed by atoms with Crippen molar-refractivity contribution in [1.82, 2.24) is 9.97 Å². The van der Waals surface area contributed by atoms with Crippen molar-refractivity contribution in [2.24, 2.45) is 0 Å². The zero-order chi connectivity index (χ0) is 13.1. The number of aryl methyl sites for hydroxylation is 1. The van der Waals surface area contributed by atoms with Gasteiger partial charge in [0.05, 0.1) is 0 Å². The highest BCUT2D eigenvalue weighted by atomic mass is 35.5. The van der Waals surface area contributed by atoms with Gasteiger partial charge in [-0.05, 0) is 26.2 Å². The van der Waals surface area contributed by atoms with Gasteiger partial charge in [-0.1, -0.05) is 13.8 Å². The molecule has 0 N–H and O–H groups in total. The Morgan fingerprint density at radius 2 is 2.11 bits per heavy atom. The Balaban J connectivity index is 2.27. The molecule has 0 aliphatic heterocycles. The number of aromatic nitrogens is 2. The minimum absolute atomic E-state index is 0.364. The van der Waals surface area contributed by atoms with Crippen LogP contribution in [0.4, 0.5) is 5.82 Å². The van der Waals surface area contributed by atoms with E-state index in [9.17, 15) is 0 Å². The topological polar surface area (TPSA) is 29.0 Å². The molecule has 1 aliphatic carbocycles. The van der Waals surface area contributed by atoms with Crippen LogP contribution in [0.2, 0.25) is 0 Å². The number of hydrogen-bond donors (Lipinski definition) is 0. The van der Waals surface area contributed by atoms with E-state index in [-0.39, 0.29) is 0 Å². The lowest BCUT2D eigenvalue weighted by Gasteiger charge is -2.38. The van der Waals surface area contributed by atoms with Gasteiger partial charge in [0.25, 0.3) is 0 Å². The second-order valence-electron chi connectivity index (χ2n) is 5.35. The molecule has 0 saturated heterocycles. The van der Waals surface area contributed by atoms with E-state index in [2.05, 4.69) is 29.8 Å². The molecule has 1 heterocycles. The number of rotatable bonds is 5. The normalized spacial score (nSPS) is 15.8. The maximum atomic E-state index is 5.93. The molecule has 1 aromatic heterocycles. The first kappa shape index (κ1) is 13.6. The minimum atomic E-state index is 0.364. The van der Waals surface area contributed by atoms with Gasteiger partial charge in [0.1, 0.15) is 11.6 Å². The van der Waals surface area contributed by atoms with E-state index < -0.39 is 0 Å². The molecule has 0 bridgehead atoms. The molecule has 0 unspecified atom stereocenters. The molecule has 1 aromatic rings. The molecule has 1 aliphatic rings. The van der Waals surface area contributed by atoms with Crippen LogP contribution in [0.15, 0.2) is 6.07 Å². The molecule has 0 aromatic carbocycles. The highest BCUT2D eigenvalue weighted by Crippen LogP contribution is 2.29. The third-order valence-corrected chi connectivity index (χ3v) is 3.68. The second kappa shape index (κ2) is 5.87. The lowest BCUT2D eigenvalue weighted by Crippen LogP contribution is -2.42. The third kappa shape index (κ3) is 2.94. The molecule has 1 fully saturated rings. The number of alkyl halides is 1. The first-order valence-corrected chi connectivity index (χ1v) is 7.33. The van der Waals surface area contributed by atoms with Crippen LogP contribution in [0.3, 0.4) is 0 Å². The van der Waals surface area contributed by atoms with Crippen molar-refractivity contribution in [2.45, 2.75) is 52.0 Å². The molecule has 3 nitrogen and oxygen atoms in total. The molecule has 100 valence electrons.